The van der Waals surface area contributed by atoms with E-state index in [9.17, 15) is 0 Å². The Hall–Kier alpha value is -1.50. The molecule has 0 N–H and O–H groups in total. The first-order valence-corrected chi connectivity index (χ1v) is 4.67. The Kier molecular flexibility index (Phi) is 7.24. The molecule has 0 rings (SSSR count). The largest absolute Gasteiger partial charge is 0.462 e. The molecule has 0 aromatic rings. The molecule has 0 bridgehead atoms. The van der Waals surface area contributed by atoms with E-state index in [0.717, 1.165) is 11.5 Å². The third-order valence-corrected chi connectivity index (χ3v) is 1.47. The maximum absolute atomic E-state index is 5.54. The quantitative estimate of drug-likeness (QED) is 0.468. The summed E-state index contributed by atoms with van der Waals surface area (Å²) in [6.07, 6.45) is 13.2. The van der Waals surface area contributed by atoms with E-state index < -0.39 is 0 Å². The van der Waals surface area contributed by atoms with E-state index >= 15 is 0 Å². The average Bonchev–Trinajstić information content (AvgIpc) is 2.17. The van der Waals surface area contributed by atoms with Crippen LogP contribution in [0.5, 0.6) is 0 Å². The van der Waals surface area contributed by atoms with Gasteiger partial charge in [-0.15, -0.1) is 0 Å². The van der Waals surface area contributed by atoms with Gasteiger partial charge in [-0.2, -0.15) is 0 Å². The van der Waals surface area contributed by atoms with Crippen LogP contribution in [0.25, 0.3) is 0 Å². The van der Waals surface area contributed by atoms with Gasteiger partial charge in [0, 0.05) is 0 Å². The lowest BCUT2D eigenvalue weighted by atomic mass is 10.4. The van der Waals surface area contributed by atoms with Crippen LogP contribution in [0, 0.1) is 0 Å². The molecule has 0 radical (unpaired) electrons. The van der Waals surface area contributed by atoms with Gasteiger partial charge in [0.2, 0.25) is 0 Å². The van der Waals surface area contributed by atoms with Crippen molar-refractivity contribution in [3.63, 3.8) is 0 Å². The van der Waals surface area contributed by atoms with E-state index in [1.54, 1.807) is 6.08 Å². The lowest BCUT2D eigenvalue weighted by Crippen LogP contribution is -1.85. The number of allylic oxidation sites excluding steroid dienone is 8. The lowest BCUT2D eigenvalue weighted by Gasteiger charge is -2.04. The second kappa shape index (κ2) is 8.11. The summed E-state index contributed by atoms with van der Waals surface area (Å²) >= 11 is 0. The predicted molar refractivity (Wildman–Crippen MR) is 62.8 cm³/mol. The maximum atomic E-state index is 5.54. The van der Waals surface area contributed by atoms with E-state index in [-0.39, 0.29) is 0 Å². The average molecular weight is 190 g/mol. The Bertz CT molecular complexity index is 278. The molecule has 0 fully saturated rings. The molecule has 0 heterocycles. The van der Waals surface area contributed by atoms with Crippen LogP contribution in [-0.2, 0) is 4.74 Å². The molecule has 14 heavy (non-hydrogen) atoms. The van der Waals surface area contributed by atoms with Gasteiger partial charge in [0.15, 0.2) is 0 Å². The number of rotatable bonds is 5. The van der Waals surface area contributed by atoms with Crippen molar-refractivity contribution in [1.82, 2.24) is 0 Å². The monoisotopic (exact) mass is 190 g/mol. The van der Waals surface area contributed by atoms with Crippen molar-refractivity contribution in [3.8, 4) is 0 Å². The van der Waals surface area contributed by atoms with Crippen molar-refractivity contribution in [1.29, 1.82) is 0 Å². The molecular formula is C13H18O. The van der Waals surface area contributed by atoms with Crippen molar-refractivity contribution < 1.29 is 4.74 Å². The lowest BCUT2D eigenvalue weighted by molar-refractivity contribution is 0.321. The van der Waals surface area contributed by atoms with E-state index in [1.807, 2.05) is 57.2 Å². The minimum Gasteiger partial charge on any atom is -0.462 e. The normalized spacial score (nSPS) is 13.9. The van der Waals surface area contributed by atoms with Crippen molar-refractivity contribution in [2.45, 2.75) is 20.8 Å². The molecule has 0 saturated carbocycles. The summed E-state index contributed by atoms with van der Waals surface area (Å²) < 4.78 is 5.54. The van der Waals surface area contributed by atoms with Gasteiger partial charge in [-0.05, 0) is 39.0 Å². The SMILES string of the molecule is C=C/C=C\C=C(/C)OC(/C=C\C)=C/C. The Labute approximate surface area is 86.8 Å². The number of ether oxygens (including phenoxy) is 1. The van der Waals surface area contributed by atoms with Gasteiger partial charge in [-0.3, -0.25) is 0 Å². The van der Waals surface area contributed by atoms with Crippen molar-refractivity contribution in [3.05, 3.63) is 60.6 Å². The Morgan fingerprint density at radius 3 is 2.43 bits per heavy atom. The molecule has 0 amide bonds. The fraction of sp³-hybridized carbons (Fsp3) is 0.231. The summed E-state index contributed by atoms with van der Waals surface area (Å²) in [4.78, 5) is 0. The second-order valence-electron chi connectivity index (χ2n) is 2.69. The van der Waals surface area contributed by atoms with Gasteiger partial charge in [-0.25, -0.2) is 0 Å². The maximum Gasteiger partial charge on any atom is 0.122 e. The van der Waals surface area contributed by atoms with Crippen LogP contribution in [0.15, 0.2) is 60.6 Å². The molecule has 76 valence electrons. The first-order chi connectivity index (χ1) is 6.74. The van der Waals surface area contributed by atoms with Crippen LogP contribution >= 0.6 is 0 Å². The molecule has 1 heteroatoms. The number of hydrogen-bond donors (Lipinski definition) is 0. The summed E-state index contributed by atoms with van der Waals surface area (Å²) in [7, 11) is 0. The minimum absolute atomic E-state index is 0.855. The highest BCUT2D eigenvalue weighted by Crippen LogP contribution is 2.07. The Morgan fingerprint density at radius 2 is 1.93 bits per heavy atom. The van der Waals surface area contributed by atoms with Crippen molar-refractivity contribution in [2.24, 2.45) is 0 Å². The summed E-state index contributed by atoms with van der Waals surface area (Å²) in [6, 6.07) is 0. The third-order valence-electron chi connectivity index (χ3n) is 1.47. The highest BCUT2D eigenvalue weighted by atomic mass is 16.5. The minimum atomic E-state index is 0.855. The van der Waals surface area contributed by atoms with Crippen LogP contribution < -0.4 is 0 Å². The van der Waals surface area contributed by atoms with Crippen molar-refractivity contribution >= 4 is 0 Å². The molecule has 1 nitrogen and oxygen atoms in total. The topological polar surface area (TPSA) is 9.23 Å². The van der Waals surface area contributed by atoms with Gasteiger partial charge in [0.25, 0.3) is 0 Å². The molecule has 0 unspecified atom stereocenters. The van der Waals surface area contributed by atoms with Crippen molar-refractivity contribution in [2.75, 3.05) is 0 Å². The van der Waals surface area contributed by atoms with Crippen LogP contribution in [-0.4, -0.2) is 0 Å². The zero-order chi connectivity index (χ0) is 10.8. The van der Waals surface area contributed by atoms with Gasteiger partial charge in [0.1, 0.15) is 11.5 Å². The van der Waals surface area contributed by atoms with Gasteiger partial charge in [-0.1, -0.05) is 30.9 Å². The number of hydrogen-bond acceptors (Lipinski definition) is 1. The molecule has 0 saturated heterocycles. The fourth-order valence-electron chi connectivity index (χ4n) is 0.843. The molecule has 0 aliphatic heterocycles. The second-order valence-corrected chi connectivity index (χ2v) is 2.69. The third kappa shape index (κ3) is 6.06. The Morgan fingerprint density at radius 1 is 1.21 bits per heavy atom. The van der Waals surface area contributed by atoms with Gasteiger partial charge < -0.3 is 4.74 Å². The standard InChI is InChI=1S/C13H18O/c1-5-8-9-11-12(4)14-13(7-3)10-6-2/h5-11H,1H2,2-4H3/b9-8-,10-6-,12-11+,13-7+. The molecule has 0 aliphatic carbocycles. The van der Waals surface area contributed by atoms with E-state index in [4.69, 9.17) is 4.74 Å². The zero-order valence-electron chi connectivity index (χ0n) is 9.16. The predicted octanol–water partition coefficient (Wildman–Crippen LogP) is 4.13. The summed E-state index contributed by atoms with van der Waals surface area (Å²) in [5.74, 6) is 1.71. The molecular weight excluding hydrogens is 172 g/mol. The van der Waals surface area contributed by atoms with Gasteiger partial charge >= 0.3 is 0 Å². The highest BCUT2D eigenvalue weighted by Gasteiger charge is 1.91. The molecule has 0 spiro atoms. The summed E-state index contributed by atoms with van der Waals surface area (Å²) in [5, 5.41) is 0. The van der Waals surface area contributed by atoms with E-state index in [2.05, 4.69) is 6.58 Å². The van der Waals surface area contributed by atoms with E-state index in [0.29, 0.717) is 0 Å². The van der Waals surface area contributed by atoms with E-state index in [1.165, 1.54) is 0 Å². The zero-order valence-corrected chi connectivity index (χ0v) is 9.16. The van der Waals surface area contributed by atoms with Crippen LogP contribution in [0.1, 0.15) is 20.8 Å². The highest BCUT2D eigenvalue weighted by molar-refractivity contribution is 5.16. The fourth-order valence-corrected chi connectivity index (χ4v) is 0.843. The first kappa shape index (κ1) is 12.5. The molecule has 0 aliphatic rings. The molecule has 0 aromatic heterocycles. The summed E-state index contributed by atoms with van der Waals surface area (Å²) in [6.45, 7) is 9.41. The molecule has 0 aromatic carbocycles. The van der Waals surface area contributed by atoms with Gasteiger partial charge in [0.05, 0.1) is 0 Å². The Balaban J connectivity index is 4.29. The molecule has 0 atom stereocenters. The summed E-state index contributed by atoms with van der Waals surface area (Å²) in [5.41, 5.74) is 0. The first-order valence-electron chi connectivity index (χ1n) is 4.67. The smallest absolute Gasteiger partial charge is 0.122 e. The van der Waals surface area contributed by atoms with Crippen LogP contribution in [0.2, 0.25) is 0 Å². The van der Waals surface area contributed by atoms with Crippen LogP contribution in [0.3, 0.4) is 0 Å². The van der Waals surface area contributed by atoms with Crippen LogP contribution in [0.4, 0.5) is 0 Å².